The number of carboxylic acids is 1. The van der Waals surface area contributed by atoms with Crippen LogP contribution in [0.15, 0.2) is 36.7 Å². The molecule has 0 spiro atoms. The van der Waals surface area contributed by atoms with Crippen molar-refractivity contribution in [3.05, 3.63) is 48.0 Å². The molecule has 1 aliphatic rings. The van der Waals surface area contributed by atoms with E-state index in [1.54, 1.807) is 20.0 Å². The molecule has 20 heavy (non-hydrogen) atoms. The van der Waals surface area contributed by atoms with Crippen molar-refractivity contribution in [3.8, 4) is 5.69 Å². The van der Waals surface area contributed by atoms with Crippen LogP contribution in [0.5, 0.6) is 0 Å². The van der Waals surface area contributed by atoms with E-state index in [1.807, 2.05) is 39.9 Å². The molecular weight excluding hydrogens is 254 g/mol. The van der Waals surface area contributed by atoms with E-state index in [4.69, 9.17) is 0 Å². The predicted octanol–water partition coefficient (Wildman–Crippen LogP) is 2.05. The van der Waals surface area contributed by atoms with Gasteiger partial charge in [-0.25, -0.2) is 4.98 Å². The molecule has 0 radical (unpaired) electrons. The topological polar surface area (TPSA) is 58.4 Å². The van der Waals surface area contributed by atoms with Crippen LogP contribution in [0.2, 0.25) is 0 Å². The lowest BCUT2D eigenvalue weighted by Gasteiger charge is -2.33. The zero-order valence-electron chi connectivity index (χ0n) is 11.6. The Bertz CT molecular complexity index is 661. The molecule has 1 N–H and O–H groups in total. The summed E-state index contributed by atoms with van der Waals surface area (Å²) in [5.74, 6) is 0.0410. The molecule has 0 unspecified atom stereocenters. The van der Waals surface area contributed by atoms with Gasteiger partial charge in [-0.05, 0) is 25.5 Å². The summed E-state index contributed by atoms with van der Waals surface area (Å²) in [5.41, 5.74) is 1.25. The van der Waals surface area contributed by atoms with Gasteiger partial charge in [0.05, 0.1) is 12.2 Å². The highest BCUT2D eigenvalue weighted by atomic mass is 16.4. The Hall–Kier alpha value is -2.14. The molecule has 0 saturated carbocycles. The number of para-hydroxylation sites is 1. The number of carbonyl (C=O) groups is 1. The molecule has 0 atom stereocenters. The standard InChI is InChI=1S/C15H17N3O2/c1-15(2,14(19)20)17-9-11-5-3-4-6-12(11)18-8-7-16-13(18)10-17/h3-8H,9-10H2,1-2H3,(H,19,20). The van der Waals surface area contributed by atoms with E-state index in [1.165, 1.54) is 0 Å². The Morgan fingerprint density at radius 2 is 2.05 bits per heavy atom. The molecule has 0 fully saturated rings. The van der Waals surface area contributed by atoms with E-state index in [2.05, 4.69) is 4.98 Å². The summed E-state index contributed by atoms with van der Waals surface area (Å²) < 4.78 is 2.03. The Morgan fingerprint density at radius 3 is 2.80 bits per heavy atom. The molecule has 0 saturated heterocycles. The third kappa shape index (κ3) is 1.91. The number of carboxylic acid groups (broad SMARTS) is 1. The van der Waals surface area contributed by atoms with Crippen molar-refractivity contribution in [2.75, 3.05) is 0 Å². The van der Waals surface area contributed by atoms with Crippen LogP contribution in [0.1, 0.15) is 25.2 Å². The van der Waals surface area contributed by atoms with Gasteiger partial charge in [0.1, 0.15) is 11.4 Å². The van der Waals surface area contributed by atoms with Gasteiger partial charge in [-0.15, -0.1) is 0 Å². The van der Waals surface area contributed by atoms with Gasteiger partial charge < -0.3 is 9.67 Å². The van der Waals surface area contributed by atoms with Crippen LogP contribution in [0.25, 0.3) is 5.69 Å². The van der Waals surface area contributed by atoms with Gasteiger partial charge in [0.2, 0.25) is 0 Å². The average Bonchev–Trinajstić information content (AvgIpc) is 2.80. The summed E-state index contributed by atoms with van der Waals surface area (Å²) in [4.78, 5) is 17.8. The van der Waals surface area contributed by atoms with Crippen molar-refractivity contribution >= 4 is 5.97 Å². The van der Waals surface area contributed by atoms with Crippen LogP contribution < -0.4 is 0 Å². The number of aromatic nitrogens is 2. The molecular formula is C15H17N3O2. The molecule has 2 heterocycles. The van der Waals surface area contributed by atoms with Crippen LogP contribution in [0.4, 0.5) is 0 Å². The van der Waals surface area contributed by atoms with Crippen LogP contribution in [-0.2, 0) is 17.9 Å². The molecule has 1 aromatic carbocycles. The Labute approximate surface area is 117 Å². The van der Waals surface area contributed by atoms with Gasteiger partial charge in [-0.3, -0.25) is 9.69 Å². The highest BCUT2D eigenvalue weighted by Crippen LogP contribution is 2.28. The van der Waals surface area contributed by atoms with Gasteiger partial charge in [0.15, 0.2) is 0 Å². The van der Waals surface area contributed by atoms with Gasteiger partial charge in [0.25, 0.3) is 0 Å². The Balaban J connectivity index is 2.12. The first-order valence-corrected chi connectivity index (χ1v) is 6.59. The monoisotopic (exact) mass is 271 g/mol. The number of fused-ring (bicyclic) bond motifs is 3. The second kappa shape index (κ2) is 4.45. The highest BCUT2D eigenvalue weighted by molar-refractivity contribution is 5.77. The lowest BCUT2D eigenvalue weighted by atomic mass is 10.0. The average molecular weight is 271 g/mol. The molecule has 5 heteroatoms. The lowest BCUT2D eigenvalue weighted by molar-refractivity contribution is -0.150. The van der Waals surface area contributed by atoms with Crippen LogP contribution in [0.3, 0.4) is 0 Å². The van der Waals surface area contributed by atoms with Crippen molar-refractivity contribution < 1.29 is 9.90 Å². The van der Waals surface area contributed by atoms with E-state index in [9.17, 15) is 9.90 Å². The largest absolute Gasteiger partial charge is 0.480 e. The van der Waals surface area contributed by atoms with Crippen molar-refractivity contribution in [3.63, 3.8) is 0 Å². The Kier molecular flexibility index (Phi) is 2.87. The van der Waals surface area contributed by atoms with E-state index in [0.29, 0.717) is 13.1 Å². The van der Waals surface area contributed by atoms with Gasteiger partial charge in [-0.2, -0.15) is 0 Å². The fourth-order valence-electron chi connectivity index (χ4n) is 2.51. The fraction of sp³-hybridized carbons (Fsp3) is 0.333. The summed E-state index contributed by atoms with van der Waals surface area (Å²) in [6.07, 6.45) is 3.68. The summed E-state index contributed by atoms with van der Waals surface area (Å²) in [6, 6.07) is 8.04. The molecule has 1 aromatic heterocycles. The minimum Gasteiger partial charge on any atom is -0.480 e. The summed E-state index contributed by atoms with van der Waals surface area (Å²) in [7, 11) is 0. The second-order valence-electron chi connectivity index (χ2n) is 5.56. The number of aliphatic carboxylic acids is 1. The van der Waals surface area contributed by atoms with Crippen LogP contribution in [-0.4, -0.2) is 31.1 Å². The number of nitrogens with zero attached hydrogens (tertiary/aromatic N) is 3. The zero-order valence-corrected chi connectivity index (χ0v) is 11.6. The first kappa shape index (κ1) is 12.9. The molecule has 1 aliphatic heterocycles. The normalized spacial score (nSPS) is 15.3. The number of hydrogen-bond donors (Lipinski definition) is 1. The van der Waals surface area contributed by atoms with Crippen molar-refractivity contribution in [2.45, 2.75) is 32.5 Å². The first-order chi connectivity index (χ1) is 9.50. The molecule has 3 rings (SSSR count). The zero-order chi connectivity index (χ0) is 14.3. The maximum Gasteiger partial charge on any atom is 0.323 e. The molecule has 0 bridgehead atoms. The summed E-state index contributed by atoms with van der Waals surface area (Å²) in [6.45, 7) is 4.58. The van der Waals surface area contributed by atoms with Gasteiger partial charge in [-0.1, -0.05) is 18.2 Å². The number of rotatable bonds is 2. The predicted molar refractivity (Wildman–Crippen MR) is 74.5 cm³/mol. The fourth-order valence-corrected chi connectivity index (χ4v) is 2.51. The lowest BCUT2D eigenvalue weighted by Crippen LogP contribution is -2.49. The Morgan fingerprint density at radius 1 is 1.30 bits per heavy atom. The van der Waals surface area contributed by atoms with Gasteiger partial charge in [0, 0.05) is 18.9 Å². The molecule has 104 valence electrons. The summed E-state index contributed by atoms with van der Waals surface area (Å²) >= 11 is 0. The van der Waals surface area contributed by atoms with Crippen molar-refractivity contribution in [2.24, 2.45) is 0 Å². The summed E-state index contributed by atoms with van der Waals surface area (Å²) in [5, 5.41) is 9.46. The van der Waals surface area contributed by atoms with Gasteiger partial charge >= 0.3 is 5.97 Å². The van der Waals surface area contributed by atoms with E-state index in [-0.39, 0.29) is 0 Å². The molecule has 0 aliphatic carbocycles. The molecule has 0 amide bonds. The maximum atomic E-state index is 11.5. The van der Waals surface area contributed by atoms with Crippen molar-refractivity contribution in [1.82, 2.24) is 14.5 Å². The third-order valence-corrected chi connectivity index (χ3v) is 3.98. The third-order valence-electron chi connectivity index (χ3n) is 3.98. The van der Waals surface area contributed by atoms with Crippen molar-refractivity contribution in [1.29, 1.82) is 0 Å². The van der Waals surface area contributed by atoms with Crippen LogP contribution >= 0.6 is 0 Å². The highest BCUT2D eigenvalue weighted by Gasteiger charge is 2.36. The maximum absolute atomic E-state index is 11.5. The molecule has 5 nitrogen and oxygen atoms in total. The SMILES string of the molecule is CC(C)(C(=O)O)N1Cc2ccccc2-n2ccnc2C1. The number of imidazole rings is 1. The first-order valence-electron chi connectivity index (χ1n) is 6.59. The second-order valence-corrected chi connectivity index (χ2v) is 5.56. The minimum atomic E-state index is -0.936. The van der Waals surface area contributed by atoms with E-state index >= 15 is 0 Å². The van der Waals surface area contributed by atoms with E-state index < -0.39 is 11.5 Å². The minimum absolute atomic E-state index is 0.515. The van der Waals surface area contributed by atoms with E-state index in [0.717, 1.165) is 17.1 Å². The number of benzene rings is 1. The smallest absolute Gasteiger partial charge is 0.323 e. The van der Waals surface area contributed by atoms with Crippen LogP contribution in [0, 0.1) is 0 Å². The number of hydrogen-bond acceptors (Lipinski definition) is 3. The quantitative estimate of drug-likeness (QED) is 0.908. The molecule has 2 aromatic rings.